The van der Waals surface area contributed by atoms with Gasteiger partial charge in [0.05, 0.1) is 19.8 Å². The lowest BCUT2D eigenvalue weighted by molar-refractivity contribution is -0.153. The van der Waals surface area contributed by atoms with Gasteiger partial charge in [0.1, 0.15) is 17.8 Å². The summed E-state index contributed by atoms with van der Waals surface area (Å²) in [5.41, 5.74) is 0.787. The van der Waals surface area contributed by atoms with E-state index in [-0.39, 0.29) is 6.61 Å². The van der Waals surface area contributed by atoms with Gasteiger partial charge in [0, 0.05) is 6.54 Å². The van der Waals surface area contributed by atoms with Gasteiger partial charge in [0.25, 0.3) is 5.91 Å². The van der Waals surface area contributed by atoms with E-state index in [1.165, 1.54) is 0 Å². The van der Waals surface area contributed by atoms with Crippen molar-refractivity contribution in [1.29, 1.82) is 0 Å². The molecule has 3 atom stereocenters. The van der Waals surface area contributed by atoms with Crippen LogP contribution in [-0.2, 0) is 14.3 Å². The quantitative estimate of drug-likeness (QED) is 0.771. The first-order chi connectivity index (χ1) is 11.5. The van der Waals surface area contributed by atoms with Gasteiger partial charge in [0.2, 0.25) is 0 Å². The molecule has 0 saturated carbocycles. The number of benzene rings is 1. The van der Waals surface area contributed by atoms with Crippen LogP contribution >= 0.6 is 0 Å². The highest BCUT2D eigenvalue weighted by Crippen LogP contribution is 2.39. The van der Waals surface area contributed by atoms with Gasteiger partial charge in [-0.2, -0.15) is 0 Å². The van der Waals surface area contributed by atoms with Crippen LogP contribution in [0.15, 0.2) is 24.3 Å². The Hall–Kier alpha value is -2.08. The Labute approximate surface area is 142 Å². The second-order valence-electron chi connectivity index (χ2n) is 5.83. The van der Waals surface area contributed by atoms with Crippen LogP contribution in [0.25, 0.3) is 0 Å². The molecule has 3 unspecified atom stereocenters. The average Bonchev–Trinajstić information content (AvgIpc) is 2.84. The number of aliphatic hydroxyl groups excluding tert-OH is 1. The maximum Gasteiger partial charge on any atom is 0.314 e. The van der Waals surface area contributed by atoms with E-state index in [1.807, 2.05) is 19.1 Å². The third-order valence-electron chi connectivity index (χ3n) is 4.32. The number of nitrogens with zero attached hydrogens (tertiary/aromatic N) is 1. The lowest BCUT2D eigenvalue weighted by Gasteiger charge is -2.27. The number of carbonyl (C=O) groups excluding carboxylic acids is 2. The summed E-state index contributed by atoms with van der Waals surface area (Å²) in [5, 5.41) is 10.3. The Bertz CT molecular complexity index is 571. The van der Waals surface area contributed by atoms with E-state index in [0.29, 0.717) is 12.3 Å². The molecule has 1 heterocycles. The van der Waals surface area contributed by atoms with Crippen LogP contribution in [0.4, 0.5) is 0 Å². The van der Waals surface area contributed by atoms with E-state index in [2.05, 4.69) is 0 Å². The maximum absolute atomic E-state index is 12.5. The zero-order chi connectivity index (χ0) is 17.7. The van der Waals surface area contributed by atoms with Gasteiger partial charge in [-0.05, 0) is 31.0 Å². The molecule has 6 heteroatoms. The molecule has 1 saturated heterocycles. The molecule has 0 spiro atoms. The number of carbonyl (C=O) groups is 2. The molecule has 0 aromatic heterocycles. The fraction of sp³-hybridized carbons (Fsp3) is 0.556. The number of hydrogen-bond acceptors (Lipinski definition) is 5. The van der Waals surface area contributed by atoms with Crippen molar-refractivity contribution >= 4 is 11.9 Å². The van der Waals surface area contributed by atoms with Crippen LogP contribution in [0.1, 0.15) is 38.3 Å². The molecule has 24 heavy (non-hydrogen) atoms. The number of methoxy groups -OCH3 is 1. The SMILES string of the molecule is CCCCN1C(=O)C(O)C(C(=O)OCC)C1c1ccc(OC)cc1. The van der Waals surface area contributed by atoms with Gasteiger partial charge in [-0.3, -0.25) is 9.59 Å². The van der Waals surface area contributed by atoms with Crippen LogP contribution < -0.4 is 4.74 Å². The second-order valence-corrected chi connectivity index (χ2v) is 5.83. The first-order valence-electron chi connectivity index (χ1n) is 8.34. The molecule has 0 radical (unpaired) electrons. The first kappa shape index (κ1) is 18.3. The smallest absolute Gasteiger partial charge is 0.314 e. The molecule has 1 aliphatic rings. The van der Waals surface area contributed by atoms with Gasteiger partial charge < -0.3 is 19.5 Å². The fourth-order valence-corrected chi connectivity index (χ4v) is 3.09. The number of aliphatic hydroxyl groups is 1. The van der Waals surface area contributed by atoms with E-state index in [9.17, 15) is 14.7 Å². The summed E-state index contributed by atoms with van der Waals surface area (Å²) in [4.78, 5) is 26.4. The Kier molecular flexibility index (Phi) is 6.20. The standard InChI is InChI=1S/C18H25NO5/c1-4-6-11-19-15(12-7-9-13(23-3)10-8-12)14(16(20)17(19)21)18(22)24-5-2/h7-10,14-16,20H,4-6,11H2,1-3H3. The Morgan fingerprint density at radius 1 is 1.25 bits per heavy atom. The molecule has 2 rings (SSSR count). The van der Waals surface area contributed by atoms with Gasteiger partial charge in [0.15, 0.2) is 0 Å². The summed E-state index contributed by atoms with van der Waals surface area (Å²) in [7, 11) is 1.58. The molecular weight excluding hydrogens is 310 g/mol. The summed E-state index contributed by atoms with van der Waals surface area (Å²) in [5.74, 6) is -1.18. The third-order valence-corrected chi connectivity index (χ3v) is 4.32. The zero-order valence-electron chi connectivity index (χ0n) is 14.4. The van der Waals surface area contributed by atoms with E-state index < -0.39 is 29.9 Å². The number of esters is 1. The van der Waals surface area contributed by atoms with E-state index in [0.717, 1.165) is 18.4 Å². The molecule has 1 amide bonds. The van der Waals surface area contributed by atoms with Crippen molar-refractivity contribution in [3.05, 3.63) is 29.8 Å². The highest BCUT2D eigenvalue weighted by molar-refractivity contribution is 5.92. The molecule has 1 N–H and O–H groups in total. The van der Waals surface area contributed by atoms with E-state index >= 15 is 0 Å². The fourth-order valence-electron chi connectivity index (χ4n) is 3.09. The highest BCUT2D eigenvalue weighted by atomic mass is 16.5. The van der Waals surface area contributed by atoms with Crippen molar-refractivity contribution in [2.24, 2.45) is 5.92 Å². The molecule has 1 aromatic rings. The number of hydrogen-bond donors (Lipinski definition) is 1. The summed E-state index contributed by atoms with van der Waals surface area (Å²) in [6, 6.07) is 6.68. The minimum absolute atomic E-state index is 0.209. The van der Waals surface area contributed by atoms with Crippen LogP contribution in [0.2, 0.25) is 0 Å². The van der Waals surface area contributed by atoms with Crippen LogP contribution in [0, 0.1) is 5.92 Å². The van der Waals surface area contributed by atoms with E-state index in [1.54, 1.807) is 31.1 Å². The number of likely N-dealkylation sites (tertiary alicyclic amines) is 1. The topological polar surface area (TPSA) is 76.1 Å². The number of unbranched alkanes of at least 4 members (excludes halogenated alkanes) is 1. The minimum Gasteiger partial charge on any atom is -0.497 e. The lowest BCUT2D eigenvalue weighted by Crippen LogP contribution is -2.32. The van der Waals surface area contributed by atoms with Crippen molar-refractivity contribution in [2.75, 3.05) is 20.3 Å². The highest BCUT2D eigenvalue weighted by Gasteiger charge is 2.52. The van der Waals surface area contributed by atoms with Gasteiger partial charge in [-0.25, -0.2) is 0 Å². The van der Waals surface area contributed by atoms with Crippen molar-refractivity contribution in [3.8, 4) is 5.75 Å². The predicted molar refractivity (Wildman–Crippen MR) is 88.5 cm³/mol. The third kappa shape index (κ3) is 3.53. The molecular formula is C18H25NO5. The first-order valence-corrected chi connectivity index (χ1v) is 8.34. The average molecular weight is 335 g/mol. The van der Waals surface area contributed by atoms with Crippen molar-refractivity contribution in [3.63, 3.8) is 0 Å². The molecule has 1 fully saturated rings. The molecule has 0 bridgehead atoms. The second kappa shape index (κ2) is 8.15. The van der Waals surface area contributed by atoms with Gasteiger partial charge in [-0.15, -0.1) is 0 Å². The molecule has 0 aliphatic carbocycles. The monoisotopic (exact) mass is 335 g/mol. The Morgan fingerprint density at radius 2 is 1.92 bits per heavy atom. The molecule has 132 valence electrons. The Morgan fingerprint density at radius 3 is 2.46 bits per heavy atom. The minimum atomic E-state index is -1.37. The van der Waals surface area contributed by atoms with Crippen LogP contribution in [0.3, 0.4) is 0 Å². The summed E-state index contributed by atoms with van der Waals surface area (Å²) >= 11 is 0. The molecule has 6 nitrogen and oxygen atoms in total. The summed E-state index contributed by atoms with van der Waals surface area (Å²) in [6.45, 7) is 4.44. The number of rotatable bonds is 7. The van der Waals surface area contributed by atoms with Crippen molar-refractivity contribution < 1.29 is 24.2 Å². The summed E-state index contributed by atoms with van der Waals surface area (Å²) in [6.07, 6.45) is 0.355. The van der Waals surface area contributed by atoms with Gasteiger partial charge in [-0.1, -0.05) is 25.5 Å². The molecule has 1 aliphatic heterocycles. The van der Waals surface area contributed by atoms with Crippen LogP contribution in [-0.4, -0.2) is 48.2 Å². The lowest BCUT2D eigenvalue weighted by atomic mass is 9.92. The number of ether oxygens (including phenoxy) is 2. The normalized spacial score (nSPS) is 23.4. The Balaban J connectivity index is 2.39. The number of amides is 1. The van der Waals surface area contributed by atoms with Crippen LogP contribution in [0.5, 0.6) is 5.75 Å². The van der Waals surface area contributed by atoms with Crippen molar-refractivity contribution in [1.82, 2.24) is 4.90 Å². The predicted octanol–water partition coefficient (Wildman–Crippen LogP) is 1.92. The maximum atomic E-state index is 12.5. The van der Waals surface area contributed by atoms with Gasteiger partial charge >= 0.3 is 5.97 Å². The zero-order valence-corrected chi connectivity index (χ0v) is 14.4. The largest absolute Gasteiger partial charge is 0.497 e. The molecule has 1 aromatic carbocycles. The van der Waals surface area contributed by atoms with Crippen molar-refractivity contribution in [2.45, 2.75) is 38.8 Å². The van der Waals surface area contributed by atoms with E-state index in [4.69, 9.17) is 9.47 Å². The summed E-state index contributed by atoms with van der Waals surface area (Å²) < 4.78 is 10.2.